The van der Waals surface area contributed by atoms with Crippen molar-refractivity contribution in [2.45, 2.75) is 6.92 Å². The van der Waals surface area contributed by atoms with Crippen molar-refractivity contribution in [3.63, 3.8) is 0 Å². The highest BCUT2D eigenvalue weighted by molar-refractivity contribution is 7.13. The Kier molecular flexibility index (Phi) is 4.06. The lowest BCUT2D eigenvalue weighted by atomic mass is 10.2. The molecule has 2 aromatic heterocycles. The van der Waals surface area contributed by atoms with Crippen LogP contribution in [0.2, 0.25) is 0 Å². The van der Waals surface area contributed by atoms with Crippen LogP contribution in [0.15, 0.2) is 23.8 Å². The third kappa shape index (κ3) is 3.01. The van der Waals surface area contributed by atoms with E-state index >= 15 is 0 Å². The Bertz CT molecular complexity index is 464. The van der Waals surface area contributed by atoms with Gasteiger partial charge in [0.1, 0.15) is 0 Å². The minimum Gasteiger partial charge on any atom is -0.353 e. The van der Waals surface area contributed by atoms with E-state index in [-0.39, 0.29) is 0 Å². The molecule has 0 bridgehead atoms. The number of aryl methyl sites for hydroxylation is 1. The van der Waals surface area contributed by atoms with Crippen molar-refractivity contribution in [3.05, 3.63) is 29.4 Å². The summed E-state index contributed by atoms with van der Waals surface area (Å²) >= 11 is 1.72. The SMILES string of the molecule is CNCCNc1ncc(-c2sccc2C)cn1. The van der Waals surface area contributed by atoms with Crippen LogP contribution in [0, 0.1) is 6.92 Å². The number of likely N-dealkylation sites (N-methyl/N-ethyl adjacent to an activating group) is 1. The van der Waals surface area contributed by atoms with Gasteiger partial charge >= 0.3 is 0 Å². The topological polar surface area (TPSA) is 49.8 Å². The van der Waals surface area contributed by atoms with Gasteiger partial charge in [0.25, 0.3) is 0 Å². The minimum atomic E-state index is 0.679. The van der Waals surface area contributed by atoms with Gasteiger partial charge in [0.05, 0.1) is 0 Å². The van der Waals surface area contributed by atoms with Crippen LogP contribution in [0.1, 0.15) is 5.56 Å². The Morgan fingerprint density at radius 2 is 2.00 bits per heavy atom. The monoisotopic (exact) mass is 248 g/mol. The molecule has 0 amide bonds. The third-order valence-corrected chi connectivity index (χ3v) is 3.50. The molecular weight excluding hydrogens is 232 g/mol. The molecule has 4 nitrogen and oxygen atoms in total. The minimum absolute atomic E-state index is 0.679. The van der Waals surface area contributed by atoms with Gasteiger partial charge < -0.3 is 10.6 Å². The summed E-state index contributed by atoms with van der Waals surface area (Å²) < 4.78 is 0. The number of rotatable bonds is 5. The standard InChI is InChI=1S/C12H16N4S/c1-9-3-6-17-11(9)10-7-15-12(16-8-10)14-5-4-13-2/h3,6-8,13H,4-5H2,1-2H3,(H,14,15,16). The van der Waals surface area contributed by atoms with Crippen LogP contribution < -0.4 is 10.6 Å². The molecule has 0 spiro atoms. The summed E-state index contributed by atoms with van der Waals surface area (Å²) in [4.78, 5) is 9.85. The predicted molar refractivity (Wildman–Crippen MR) is 72.5 cm³/mol. The molecule has 0 aliphatic heterocycles. The maximum atomic E-state index is 4.30. The van der Waals surface area contributed by atoms with Crippen molar-refractivity contribution in [3.8, 4) is 10.4 Å². The number of hydrogen-bond donors (Lipinski definition) is 2. The van der Waals surface area contributed by atoms with Gasteiger partial charge in [-0.3, -0.25) is 0 Å². The fourth-order valence-electron chi connectivity index (χ4n) is 1.50. The van der Waals surface area contributed by atoms with Gasteiger partial charge in [-0.1, -0.05) is 0 Å². The molecule has 0 saturated carbocycles. The summed E-state index contributed by atoms with van der Waals surface area (Å²) in [5.74, 6) is 0.679. The van der Waals surface area contributed by atoms with Crippen molar-refractivity contribution in [1.29, 1.82) is 0 Å². The molecule has 0 aliphatic carbocycles. The van der Waals surface area contributed by atoms with E-state index in [1.807, 2.05) is 19.4 Å². The normalized spacial score (nSPS) is 10.5. The number of nitrogens with zero attached hydrogens (tertiary/aromatic N) is 2. The molecule has 0 aromatic carbocycles. The first-order valence-corrected chi connectivity index (χ1v) is 6.44. The van der Waals surface area contributed by atoms with E-state index in [0.29, 0.717) is 5.95 Å². The molecule has 0 saturated heterocycles. The smallest absolute Gasteiger partial charge is 0.222 e. The molecule has 0 aliphatic rings. The van der Waals surface area contributed by atoms with Crippen molar-refractivity contribution >= 4 is 17.3 Å². The van der Waals surface area contributed by atoms with Gasteiger partial charge in [-0.15, -0.1) is 11.3 Å². The second-order valence-corrected chi connectivity index (χ2v) is 4.67. The maximum absolute atomic E-state index is 4.30. The predicted octanol–water partition coefficient (Wildman–Crippen LogP) is 2.14. The number of nitrogens with one attached hydrogen (secondary N) is 2. The van der Waals surface area contributed by atoms with Crippen molar-refractivity contribution < 1.29 is 0 Å². The lowest BCUT2D eigenvalue weighted by Gasteiger charge is -2.04. The van der Waals surface area contributed by atoms with Gasteiger partial charge in [-0.05, 0) is 31.0 Å². The molecule has 5 heteroatoms. The molecule has 0 unspecified atom stereocenters. The summed E-state index contributed by atoms with van der Waals surface area (Å²) in [5.41, 5.74) is 2.35. The summed E-state index contributed by atoms with van der Waals surface area (Å²) in [5, 5.41) is 8.30. The van der Waals surface area contributed by atoms with E-state index in [1.165, 1.54) is 10.4 Å². The average Bonchev–Trinajstić information content (AvgIpc) is 2.77. The van der Waals surface area contributed by atoms with Crippen LogP contribution >= 0.6 is 11.3 Å². The van der Waals surface area contributed by atoms with E-state index in [4.69, 9.17) is 0 Å². The van der Waals surface area contributed by atoms with E-state index in [0.717, 1.165) is 18.7 Å². The number of hydrogen-bond acceptors (Lipinski definition) is 5. The first kappa shape index (κ1) is 12.0. The Balaban J connectivity index is 2.06. The van der Waals surface area contributed by atoms with Crippen LogP contribution in [0.3, 0.4) is 0 Å². The summed E-state index contributed by atoms with van der Waals surface area (Å²) in [6.45, 7) is 3.83. The Hall–Kier alpha value is -1.46. The number of thiophene rings is 1. The molecule has 2 heterocycles. The summed E-state index contributed by atoms with van der Waals surface area (Å²) in [6, 6.07) is 2.11. The maximum Gasteiger partial charge on any atom is 0.222 e. The zero-order chi connectivity index (χ0) is 12.1. The van der Waals surface area contributed by atoms with Gasteiger partial charge in [-0.25, -0.2) is 9.97 Å². The highest BCUT2D eigenvalue weighted by atomic mass is 32.1. The number of anilines is 1. The molecule has 0 fully saturated rings. The van der Waals surface area contributed by atoms with E-state index in [2.05, 4.69) is 39.0 Å². The second-order valence-electron chi connectivity index (χ2n) is 3.76. The number of aromatic nitrogens is 2. The fraction of sp³-hybridized carbons (Fsp3) is 0.333. The van der Waals surface area contributed by atoms with Crippen LogP contribution in [-0.2, 0) is 0 Å². The molecule has 2 aromatic rings. The zero-order valence-corrected chi connectivity index (χ0v) is 10.8. The molecule has 2 rings (SSSR count). The van der Waals surface area contributed by atoms with Crippen molar-refractivity contribution in [2.24, 2.45) is 0 Å². The quantitative estimate of drug-likeness (QED) is 0.796. The molecule has 90 valence electrons. The van der Waals surface area contributed by atoms with Crippen LogP contribution in [0.5, 0.6) is 0 Å². The van der Waals surface area contributed by atoms with Gasteiger partial charge in [0, 0.05) is 35.9 Å². The summed E-state index contributed by atoms with van der Waals surface area (Å²) in [6.07, 6.45) is 3.74. The molecule has 0 atom stereocenters. The van der Waals surface area contributed by atoms with Crippen LogP contribution in [-0.4, -0.2) is 30.1 Å². The lowest BCUT2D eigenvalue weighted by molar-refractivity contribution is 0.817. The highest BCUT2D eigenvalue weighted by Crippen LogP contribution is 2.27. The fourth-order valence-corrected chi connectivity index (χ4v) is 2.41. The summed E-state index contributed by atoms with van der Waals surface area (Å²) in [7, 11) is 1.92. The molecule has 0 radical (unpaired) electrons. The largest absolute Gasteiger partial charge is 0.353 e. The van der Waals surface area contributed by atoms with E-state index in [9.17, 15) is 0 Å². The Labute approximate surface area is 105 Å². The molecule has 2 N–H and O–H groups in total. The van der Waals surface area contributed by atoms with Gasteiger partial charge in [0.15, 0.2) is 0 Å². The molecular formula is C12H16N4S. The second kappa shape index (κ2) is 5.75. The van der Waals surface area contributed by atoms with Gasteiger partial charge in [0.2, 0.25) is 5.95 Å². The molecule has 17 heavy (non-hydrogen) atoms. The van der Waals surface area contributed by atoms with Crippen molar-refractivity contribution in [2.75, 3.05) is 25.5 Å². The van der Waals surface area contributed by atoms with E-state index in [1.54, 1.807) is 11.3 Å². The first-order valence-electron chi connectivity index (χ1n) is 5.56. The lowest BCUT2D eigenvalue weighted by Crippen LogP contribution is -2.18. The van der Waals surface area contributed by atoms with E-state index < -0.39 is 0 Å². The third-order valence-electron chi connectivity index (χ3n) is 2.43. The van der Waals surface area contributed by atoms with Crippen molar-refractivity contribution in [1.82, 2.24) is 15.3 Å². The van der Waals surface area contributed by atoms with Crippen LogP contribution in [0.4, 0.5) is 5.95 Å². The zero-order valence-electron chi connectivity index (χ0n) is 10.0. The van der Waals surface area contributed by atoms with Gasteiger partial charge in [-0.2, -0.15) is 0 Å². The highest BCUT2D eigenvalue weighted by Gasteiger charge is 2.04. The Morgan fingerprint density at radius 3 is 2.59 bits per heavy atom. The average molecular weight is 248 g/mol. The Morgan fingerprint density at radius 1 is 1.24 bits per heavy atom. The first-order chi connectivity index (χ1) is 8.31. The van der Waals surface area contributed by atoms with Crippen LogP contribution in [0.25, 0.3) is 10.4 Å².